The zero-order valence-corrected chi connectivity index (χ0v) is 14.7. The van der Waals surface area contributed by atoms with Gasteiger partial charge >= 0.3 is 0 Å². The van der Waals surface area contributed by atoms with Gasteiger partial charge in [0.2, 0.25) is 0 Å². The molecule has 0 aromatic rings. The third-order valence-electron chi connectivity index (χ3n) is 4.64. The van der Waals surface area contributed by atoms with E-state index in [-0.39, 0.29) is 0 Å². The van der Waals surface area contributed by atoms with Crippen molar-refractivity contribution in [1.82, 2.24) is 0 Å². The van der Waals surface area contributed by atoms with E-state index in [9.17, 15) is 0 Å². The van der Waals surface area contributed by atoms with Gasteiger partial charge in [0.05, 0.1) is 0 Å². The molecular weight excluding hydrogens is 228 g/mol. The maximum atomic E-state index is 2.39. The van der Waals surface area contributed by atoms with E-state index in [0.29, 0.717) is 0 Å². The van der Waals surface area contributed by atoms with Gasteiger partial charge in [0.15, 0.2) is 0 Å². The molecule has 0 aliphatic heterocycles. The Morgan fingerprint density at radius 3 is 1.84 bits per heavy atom. The number of hydrogen-bond donors (Lipinski definition) is 0. The molecule has 1 fully saturated rings. The SMILES string of the molecule is CC1CCC(C(C)C)CC1.CCCCCCC(C)C. The van der Waals surface area contributed by atoms with Crippen molar-refractivity contribution in [3.8, 4) is 0 Å². The molecule has 1 aliphatic carbocycles. The lowest BCUT2D eigenvalue weighted by Gasteiger charge is -2.28. The first-order valence-electron chi connectivity index (χ1n) is 8.97. The normalized spacial score (nSPS) is 23.4. The van der Waals surface area contributed by atoms with Gasteiger partial charge in [-0.1, -0.05) is 86.5 Å². The molecule has 19 heavy (non-hydrogen) atoms. The Hall–Kier alpha value is 0. The Morgan fingerprint density at radius 2 is 1.42 bits per heavy atom. The van der Waals surface area contributed by atoms with Gasteiger partial charge in [-0.25, -0.2) is 0 Å². The van der Waals surface area contributed by atoms with Crippen LogP contribution >= 0.6 is 0 Å². The molecule has 0 N–H and O–H groups in total. The number of rotatable bonds is 6. The highest BCUT2D eigenvalue weighted by Gasteiger charge is 2.19. The third kappa shape index (κ3) is 11.5. The number of hydrogen-bond acceptors (Lipinski definition) is 0. The Morgan fingerprint density at radius 1 is 0.842 bits per heavy atom. The summed E-state index contributed by atoms with van der Waals surface area (Å²) >= 11 is 0. The Labute approximate surface area is 123 Å². The van der Waals surface area contributed by atoms with Crippen LogP contribution in [0.1, 0.15) is 99.3 Å². The van der Waals surface area contributed by atoms with Gasteiger partial charge in [-0.3, -0.25) is 0 Å². The molecule has 0 bridgehead atoms. The summed E-state index contributed by atoms with van der Waals surface area (Å²) < 4.78 is 0. The van der Waals surface area contributed by atoms with Gasteiger partial charge < -0.3 is 0 Å². The van der Waals surface area contributed by atoms with Gasteiger partial charge in [0.25, 0.3) is 0 Å². The molecule has 0 amide bonds. The van der Waals surface area contributed by atoms with Gasteiger partial charge in [0.1, 0.15) is 0 Å². The van der Waals surface area contributed by atoms with E-state index in [1.165, 1.54) is 57.8 Å². The van der Waals surface area contributed by atoms with Crippen LogP contribution in [0.5, 0.6) is 0 Å². The van der Waals surface area contributed by atoms with E-state index in [1.54, 1.807) is 0 Å². The summed E-state index contributed by atoms with van der Waals surface area (Å²) in [4.78, 5) is 0. The third-order valence-corrected chi connectivity index (χ3v) is 4.64. The lowest BCUT2D eigenvalue weighted by Crippen LogP contribution is -2.16. The first-order chi connectivity index (χ1) is 8.97. The second kappa shape index (κ2) is 11.8. The van der Waals surface area contributed by atoms with E-state index in [2.05, 4.69) is 41.5 Å². The predicted molar refractivity (Wildman–Crippen MR) is 89.6 cm³/mol. The van der Waals surface area contributed by atoms with Crippen molar-refractivity contribution in [3.05, 3.63) is 0 Å². The molecule has 0 heteroatoms. The smallest absolute Gasteiger partial charge is 0.0391 e. The first-order valence-corrected chi connectivity index (χ1v) is 8.97. The van der Waals surface area contributed by atoms with Crippen molar-refractivity contribution in [3.63, 3.8) is 0 Å². The Bertz CT molecular complexity index is 172. The maximum absolute atomic E-state index is 2.39. The van der Waals surface area contributed by atoms with E-state index in [4.69, 9.17) is 0 Å². The van der Waals surface area contributed by atoms with E-state index in [1.807, 2.05) is 0 Å². The summed E-state index contributed by atoms with van der Waals surface area (Å²) in [6, 6.07) is 0. The minimum atomic E-state index is 0.904. The molecule has 116 valence electrons. The molecule has 0 unspecified atom stereocenters. The fourth-order valence-electron chi connectivity index (χ4n) is 2.93. The lowest BCUT2D eigenvalue weighted by atomic mass is 9.78. The largest absolute Gasteiger partial charge is 0.0654 e. The standard InChI is InChI=1S/C10H20.C9H20/c1-8(2)10-6-4-9(3)5-7-10;1-4-5-6-7-8-9(2)3/h8-10H,4-7H2,1-3H3;9H,4-8H2,1-3H3. The minimum absolute atomic E-state index is 0.904. The van der Waals surface area contributed by atoms with E-state index >= 15 is 0 Å². The molecule has 0 saturated heterocycles. The Balaban J connectivity index is 0.000000344. The summed E-state index contributed by atoms with van der Waals surface area (Å²) in [7, 11) is 0. The fourth-order valence-corrected chi connectivity index (χ4v) is 2.93. The quantitative estimate of drug-likeness (QED) is 0.451. The predicted octanol–water partition coefficient (Wildman–Crippen LogP) is 7.08. The van der Waals surface area contributed by atoms with Crippen LogP contribution in [-0.4, -0.2) is 0 Å². The molecule has 0 spiro atoms. The molecule has 0 aromatic carbocycles. The Kier molecular flexibility index (Phi) is 11.8. The van der Waals surface area contributed by atoms with E-state index in [0.717, 1.165) is 23.7 Å². The zero-order chi connectivity index (χ0) is 14.7. The van der Waals surface area contributed by atoms with Crippen LogP contribution in [0.25, 0.3) is 0 Å². The van der Waals surface area contributed by atoms with Crippen molar-refractivity contribution < 1.29 is 0 Å². The maximum Gasteiger partial charge on any atom is -0.0391 e. The average Bonchev–Trinajstić information content (AvgIpc) is 2.36. The summed E-state index contributed by atoms with van der Waals surface area (Å²) in [5.74, 6) is 3.88. The van der Waals surface area contributed by atoms with Crippen LogP contribution in [0.4, 0.5) is 0 Å². The van der Waals surface area contributed by atoms with Crippen LogP contribution in [0.3, 0.4) is 0 Å². The molecule has 0 aromatic heterocycles. The summed E-state index contributed by atoms with van der Waals surface area (Å²) in [5, 5.41) is 0. The van der Waals surface area contributed by atoms with Gasteiger partial charge in [0, 0.05) is 0 Å². The van der Waals surface area contributed by atoms with Crippen LogP contribution in [0, 0.1) is 23.7 Å². The molecule has 0 nitrogen and oxygen atoms in total. The van der Waals surface area contributed by atoms with Crippen LogP contribution in [0.2, 0.25) is 0 Å². The molecule has 1 aliphatic rings. The van der Waals surface area contributed by atoms with Gasteiger partial charge in [-0.05, 0) is 36.5 Å². The van der Waals surface area contributed by atoms with Crippen molar-refractivity contribution in [2.45, 2.75) is 99.3 Å². The van der Waals surface area contributed by atoms with Crippen molar-refractivity contribution >= 4 is 0 Å². The highest BCUT2D eigenvalue weighted by atomic mass is 14.3. The van der Waals surface area contributed by atoms with Crippen LogP contribution in [0.15, 0.2) is 0 Å². The summed E-state index contributed by atoms with van der Waals surface area (Å²) in [5.41, 5.74) is 0. The van der Waals surface area contributed by atoms with Crippen molar-refractivity contribution in [1.29, 1.82) is 0 Å². The topological polar surface area (TPSA) is 0 Å². The second-order valence-corrected chi connectivity index (χ2v) is 7.51. The average molecular weight is 269 g/mol. The zero-order valence-electron chi connectivity index (χ0n) is 14.7. The van der Waals surface area contributed by atoms with Crippen molar-refractivity contribution in [2.24, 2.45) is 23.7 Å². The highest BCUT2D eigenvalue weighted by Crippen LogP contribution is 2.32. The molecule has 0 atom stereocenters. The molecule has 1 rings (SSSR count). The second-order valence-electron chi connectivity index (χ2n) is 7.51. The molecule has 1 saturated carbocycles. The molecule has 0 heterocycles. The molecule has 0 radical (unpaired) electrons. The summed E-state index contributed by atoms with van der Waals surface area (Å²) in [6.45, 7) is 14.0. The summed E-state index contributed by atoms with van der Waals surface area (Å²) in [6.07, 6.45) is 13.0. The van der Waals surface area contributed by atoms with Gasteiger partial charge in [-0.2, -0.15) is 0 Å². The van der Waals surface area contributed by atoms with Crippen LogP contribution < -0.4 is 0 Å². The molecular formula is C19H40. The van der Waals surface area contributed by atoms with E-state index < -0.39 is 0 Å². The lowest BCUT2D eigenvalue weighted by molar-refractivity contribution is 0.234. The van der Waals surface area contributed by atoms with Crippen molar-refractivity contribution in [2.75, 3.05) is 0 Å². The monoisotopic (exact) mass is 268 g/mol. The first kappa shape index (κ1) is 19.0. The van der Waals surface area contributed by atoms with Gasteiger partial charge in [-0.15, -0.1) is 0 Å². The minimum Gasteiger partial charge on any atom is -0.0654 e. The number of unbranched alkanes of at least 4 members (excludes halogenated alkanes) is 3. The van der Waals surface area contributed by atoms with Crippen LogP contribution in [-0.2, 0) is 0 Å². The fraction of sp³-hybridized carbons (Fsp3) is 1.00. The highest BCUT2D eigenvalue weighted by molar-refractivity contribution is 4.71.